The highest BCUT2D eigenvalue weighted by atomic mass is 16.4. The second-order valence-electron chi connectivity index (χ2n) is 29.4. The molecule has 0 aliphatic carbocycles. The monoisotopic (exact) mass is 1700 g/mol. The summed E-state index contributed by atoms with van der Waals surface area (Å²) >= 11 is 0. The van der Waals surface area contributed by atoms with Crippen molar-refractivity contribution < 1.29 is 82.8 Å². The molecule has 33 N–H and O–H groups in total. The Morgan fingerprint density at radius 3 is 1.31 bits per heavy atom. The lowest BCUT2D eigenvalue weighted by Crippen LogP contribution is -2.62. The molecule has 11 amide bonds. The number of H-pyrrole nitrogens is 2. The minimum atomic E-state index is -1.62. The van der Waals surface area contributed by atoms with E-state index in [0.29, 0.717) is 39.6 Å². The van der Waals surface area contributed by atoms with Gasteiger partial charge >= 0.3 is 11.9 Å². The van der Waals surface area contributed by atoms with Gasteiger partial charge in [-0.2, -0.15) is 0 Å². The third-order valence-electron chi connectivity index (χ3n) is 19.4. The predicted octanol–water partition coefficient (Wildman–Crippen LogP) is -3.37. The summed E-state index contributed by atoms with van der Waals surface area (Å²) in [6.45, 7) is 2.76. The molecule has 42 nitrogen and oxygen atoms in total. The number of rotatable bonds is 53. The Labute approximate surface area is 702 Å². The predicted molar refractivity (Wildman–Crippen MR) is 448 cm³/mol. The molecule has 0 aliphatic rings. The highest BCUT2D eigenvalue weighted by Gasteiger charge is 2.38. The summed E-state index contributed by atoms with van der Waals surface area (Å²) in [5.41, 5.74) is 31.0. The van der Waals surface area contributed by atoms with E-state index >= 15 is 24.0 Å². The first-order chi connectivity index (χ1) is 58.2. The van der Waals surface area contributed by atoms with Crippen LogP contribution in [0.1, 0.15) is 112 Å². The number of carboxylic acids is 2. The van der Waals surface area contributed by atoms with E-state index < -0.39 is 168 Å². The van der Waals surface area contributed by atoms with Gasteiger partial charge in [0.2, 0.25) is 65.0 Å². The van der Waals surface area contributed by atoms with E-state index in [9.17, 15) is 58.8 Å². The number of phenolic OH excluding ortho intramolecular Hbond substituents is 2. The minimum Gasteiger partial charge on any atom is -0.508 e. The topological polar surface area (TPSA) is 717 Å². The van der Waals surface area contributed by atoms with Crippen molar-refractivity contribution in [3.8, 4) is 11.5 Å². The molecule has 0 saturated heterocycles. The first-order valence-corrected chi connectivity index (χ1v) is 39.7. The number of hydrogen-bond donors (Lipinski definition) is 28. The number of nitrogens with one attached hydrogen (secondary N) is 19. The van der Waals surface area contributed by atoms with E-state index in [0.717, 1.165) is 0 Å². The fourth-order valence-electron chi connectivity index (χ4n) is 12.8. The molecule has 660 valence electrons. The molecule has 4 aromatic carbocycles. The van der Waals surface area contributed by atoms with Crippen molar-refractivity contribution in [3.05, 3.63) is 150 Å². The number of aromatic amines is 2. The Bertz CT molecular complexity index is 4520. The maximum atomic E-state index is 15.3. The molecule has 2 heterocycles. The lowest BCUT2D eigenvalue weighted by molar-refractivity contribution is -0.142. The summed E-state index contributed by atoms with van der Waals surface area (Å²) in [4.78, 5) is 195. The molecule has 42 heteroatoms. The number of aliphatic carboxylic acids is 2. The summed E-state index contributed by atoms with van der Waals surface area (Å²) in [5, 5.41) is 99.7. The van der Waals surface area contributed by atoms with Gasteiger partial charge in [0.05, 0.1) is 24.6 Å². The summed E-state index contributed by atoms with van der Waals surface area (Å²) in [5.74, 6) is -15.0. The second kappa shape index (κ2) is 50.1. The number of aromatic hydroxyl groups is 2. The number of carbonyl (C=O) groups excluding carboxylic acids is 11. The van der Waals surface area contributed by atoms with Crippen molar-refractivity contribution in [1.29, 1.82) is 16.2 Å². The molecule has 0 fully saturated rings. The van der Waals surface area contributed by atoms with Crippen LogP contribution in [0.3, 0.4) is 0 Å². The van der Waals surface area contributed by atoms with Crippen molar-refractivity contribution in [2.45, 2.75) is 183 Å². The van der Waals surface area contributed by atoms with E-state index in [1.165, 1.54) is 61.1 Å². The number of para-hydroxylation sites is 1. The first kappa shape index (κ1) is 96.9. The second-order valence-corrected chi connectivity index (χ2v) is 29.4. The van der Waals surface area contributed by atoms with E-state index in [1.54, 1.807) is 74.6 Å². The zero-order valence-electron chi connectivity index (χ0n) is 67.8. The molecule has 0 bridgehead atoms. The molecule has 6 rings (SSSR count). The molecule has 0 saturated carbocycles. The van der Waals surface area contributed by atoms with E-state index in [4.69, 9.17) is 44.9 Å². The highest BCUT2D eigenvalue weighted by Crippen LogP contribution is 2.21. The number of carbonyl (C=O) groups is 13. The number of phenols is 2. The van der Waals surface area contributed by atoms with Gasteiger partial charge in [-0.3, -0.25) is 73.8 Å². The van der Waals surface area contributed by atoms with Gasteiger partial charge in [-0.1, -0.05) is 86.6 Å². The summed E-state index contributed by atoms with van der Waals surface area (Å²) in [7, 11) is 0. The number of hydrogen-bond acceptors (Lipinski definition) is 21. The van der Waals surface area contributed by atoms with Gasteiger partial charge in [-0.15, -0.1) is 0 Å². The number of fused-ring (bicyclic) bond motifs is 1. The van der Waals surface area contributed by atoms with Crippen LogP contribution in [0.2, 0.25) is 0 Å². The number of aromatic nitrogens is 3. The molecule has 0 radical (unpaired) electrons. The SMILES string of the molecule is CC(C)[C@@H](NC(=O)[C@H](Cc1ccc(O)cc1)NC(=O)[C@@H](CCCCN)NC(=O)[C@H](CCCNC(=N)N)NC(=O)[C@@H](N)CCC(=O)O)C(=O)N[C@@H](Cc1ccccc1)C(=O)N[C@H](Cc1c[nH]cn1)C(=O)N[C@@H](Cc1c[nH]c2ccccc12)C(=O)N[C@@H](CCCNC(=N)N)C(=O)NCC(=O)N[C@@H](Cc1ccc(O)cc1)C(=O)N[C@@H](CCCNC(=N)N)C(=O)O. The van der Waals surface area contributed by atoms with Crippen LogP contribution in [-0.2, 0) is 94.4 Å². The van der Waals surface area contributed by atoms with E-state index in [1.807, 2.05) is 0 Å². The molecule has 2 aromatic heterocycles. The number of guanidine groups is 3. The van der Waals surface area contributed by atoms with Crippen LogP contribution in [-0.4, -0.2) is 229 Å². The van der Waals surface area contributed by atoms with Gasteiger partial charge in [0.15, 0.2) is 17.9 Å². The highest BCUT2D eigenvalue weighted by molar-refractivity contribution is 6.00. The van der Waals surface area contributed by atoms with E-state index in [-0.39, 0.29) is 145 Å². The smallest absolute Gasteiger partial charge is 0.326 e. The van der Waals surface area contributed by atoms with Gasteiger partial charge < -0.3 is 133 Å². The molecule has 11 atom stereocenters. The van der Waals surface area contributed by atoms with Crippen LogP contribution in [0.15, 0.2) is 122 Å². The number of benzene rings is 4. The van der Waals surface area contributed by atoms with Gasteiger partial charge in [0, 0.05) is 81.5 Å². The fourth-order valence-corrected chi connectivity index (χ4v) is 12.8. The lowest BCUT2D eigenvalue weighted by Gasteiger charge is -2.29. The van der Waals surface area contributed by atoms with Crippen molar-refractivity contribution in [3.63, 3.8) is 0 Å². The fraction of sp³-hybridized carbons (Fsp3) is 0.438. The number of nitrogens with two attached hydrogens (primary N) is 5. The maximum absolute atomic E-state index is 15.3. The maximum Gasteiger partial charge on any atom is 0.326 e. The minimum absolute atomic E-state index is 0.0116. The standard InChI is InChI=1S/C80H113N25O17/c1-44(2)66(105-75(119)61(37-47-23-27-51(107)28-24-47)101-70(114)56(17-8-9-31-81)99-69(113)57(19-11-33-91-79(85)86)97-67(111)53(82)29-30-65(109)110)76(120)104-60(35-45-13-4-3-5-14-45)72(116)103-63(39-49-41-89-43-95-49)74(118)102-62(38-48-40-93-54-16-7-6-15-52(48)54)73(117)98-55(18-10-32-90-78(83)84)68(112)94-42-64(108)96-59(36-46-21-25-50(106)26-22-46)71(115)100-58(77(121)122)20-12-34-92-80(87)88/h3-7,13-16,21-28,40-41,43-44,53,55-63,66,93,106-107H,8-12,17-20,29-39,42,81-82H2,1-2H3,(H,89,95)(H,94,112)(H,96,108)(H,97,111)(H,98,117)(H,99,113)(H,100,115)(H,101,114)(H,102,118)(H,103,116)(H,104,120)(H,105,119)(H,109,110)(H,121,122)(H4,83,84,90)(H4,85,86,91)(H4,87,88,92)/t53-,55-,56+,57-,58-,59-,60-,61-,62-,63+,66+/m0/s1. The molecule has 6 aromatic rings. The molecular weight excluding hydrogens is 1580 g/mol. The Hall–Kier alpha value is -13.9. The van der Waals surface area contributed by atoms with Gasteiger partial charge in [-0.25, -0.2) is 9.78 Å². The largest absolute Gasteiger partial charge is 0.508 e. The Morgan fingerprint density at radius 2 is 0.836 bits per heavy atom. The van der Waals surface area contributed by atoms with Crippen LogP contribution in [0.4, 0.5) is 0 Å². The van der Waals surface area contributed by atoms with Crippen molar-refractivity contribution in [2.24, 2.45) is 34.6 Å². The van der Waals surface area contributed by atoms with Gasteiger partial charge in [0.25, 0.3) is 0 Å². The number of imidazole rings is 1. The Morgan fingerprint density at radius 1 is 0.426 bits per heavy atom. The van der Waals surface area contributed by atoms with Crippen LogP contribution in [0, 0.1) is 22.1 Å². The first-order valence-electron chi connectivity index (χ1n) is 39.7. The molecule has 0 spiro atoms. The third kappa shape index (κ3) is 34.2. The van der Waals surface area contributed by atoms with Gasteiger partial charge in [-0.05, 0) is 129 Å². The van der Waals surface area contributed by atoms with Gasteiger partial charge in [0.1, 0.15) is 71.9 Å². The average molecular weight is 1700 g/mol. The zero-order valence-corrected chi connectivity index (χ0v) is 67.8. The van der Waals surface area contributed by atoms with Crippen LogP contribution < -0.4 is 103 Å². The number of carboxylic acid groups (broad SMARTS) is 2. The number of nitrogens with zero attached hydrogens (tertiary/aromatic N) is 1. The molecule has 122 heavy (non-hydrogen) atoms. The van der Waals surface area contributed by atoms with Crippen molar-refractivity contribution >= 4 is 106 Å². The molecule has 0 aliphatic heterocycles. The van der Waals surface area contributed by atoms with Crippen LogP contribution in [0.5, 0.6) is 11.5 Å². The van der Waals surface area contributed by atoms with E-state index in [2.05, 4.69) is 89.4 Å². The summed E-state index contributed by atoms with van der Waals surface area (Å²) in [6, 6.07) is 10.3. The Kier molecular flexibility index (Phi) is 39.8. The number of amides is 11. The van der Waals surface area contributed by atoms with Crippen molar-refractivity contribution in [1.82, 2.24) is 89.4 Å². The normalized spacial score (nSPS) is 13.7. The number of unbranched alkanes of at least 4 members (excludes halogenated alkanes) is 1. The molecule has 0 unspecified atom stereocenters. The Balaban J connectivity index is 1.28. The quantitative estimate of drug-likeness (QED) is 0.0101. The summed E-state index contributed by atoms with van der Waals surface area (Å²) in [6.07, 6.45) is 2.87. The lowest BCUT2D eigenvalue weighted by atomic mass is 9.98. The van der Waals surface area contributed by atoms with Crippen LogP contribution >= 0.6 is 0 Å². The molecular formula is C80H113N25O17. The summed E-state index contributed by atoms with van der Waals surface area (Å²) < 4.78 is 0. The van der Waals surface area contributed by atoms with Crippen molar-refractivity contribution in [2.75, 3.05) is 32.7 Å². The van der Waals surface area contributed by atoms with Crippen LogP contribution in [0.25, 0.3) is 10.9 Å². The third-order valence-corrected chi connectivity index (χ3v) is 19.4. The zero-order chi connectivity index (χ0) is 89.4. The average Bonchev–Trinajstić information content (AvgIpc) is 1.66.